The van der Waals surface area contributed by atoms with E-state index in [1.165, 1.54) is 17.7 Å². The van der Waals surface area contributed by atoms with Crippen LogP contribution >= 0.6 is 24.0 Å². The van der Waals surface area contributed by atoms with Crippen molar-refractivity contribution >= 4 is 29.9 Å². The van der Waals surface area contributed by atoms with Crippen LogP contribution in [-0.4, -0.2) is 38.4 Å². The van der Waals surface area contributed by atoms with Crippen molar-refractivity contribution in [2.24, 2.45) is 4.99 Å². The molecule has 0 saturated heterocycles. The van der Waals surface area contributed by atoms with E-state index < -0.39 is 12.8 Å². The van der Waals surface area contributed by atoms with E-state index in [-0.39, 0.29) is 35.8 Å². The smallest absolute Gasteiger partial charge is 0.422 e. The lowest BCUT2D eigenvalue weighted by Crippen LogP contribution is -2.41. The molecule has 29 heavy (non-hydrogen) atoms. The predicted octanol–water partition coefficient (Wildman–Crippen LogP) is 3.91. The summed E-state index contributed by atoms with van der Waals surface area (Å²) < 4.78 is 47.1. The van der Waals surface area contributed by atoms with E-state index in [2.05, 4.69) is 21.7 Å². The molecule has 1 aliphatic heterocycles. The van der Waals surface area contributed by atoms with Gasteiger partial charge in [-0.25, -0.2) is 0 Å². The molecule has 0 saturated carbocycles. The summed E-state index contributed by atoms with van der Waals surface area (Å²) in [5.74, 6) is 1.73. The van der Waals surface area contributed by atoms with Gasteiger partial charge in [0.05, 0.1) is 6.54 Å². The number of para-hydroxylation sites is 1. The van der Waals surface area contributed by atoms with Gasteiger partial charge >= 0.3 is 6.18 Å². The third-order valence-corrected chi connectivity index (χ3v) is 4.22. The highest BCUT2D eigenvalue weighted by atomic mass is 127. The second kappa shape index (κ2) is 10.6. The van der Waals surface area contributed by atoms with Crippen molar-refractivity contribution in [2.45, 2.75) is 25.2 Å². The van der Waals surface area contributed by atoms with Gasteiger partial charge in [-0.15, -0.1) is 24.0 Å². The number of rotatable bonds is 6. The Hall–Kier alpha value is -2.17. The van der Waals surface area contributed by atoms with Crippen LogP contribution in [0.3, 0.4) is 0 Å². The molecule has 9 heteroatoms. The van der Waals surface area contributed by atoms with Gasteiger partial charge in [0.15, 0.2) is 12.6 Å². The van der Waals surface area contributed by atoms with Gasteiger partial charge in [0.2, 0.25) is 0 Å². The number of benzene rings is 2. The summed E-state index contributed by atoms with van der Waals surface area (Å²) in [5, 5.41) is 6.40. The maximum Gasteiger partial charge on any atom is 0.422 e. The lowest BCUT2D eigenvalue weighted by molar-refractivity contribution is -0.153. The number of aliphatic imine (C=N–C) groups is 1. The fourth-order valence-electron chi connectivity index (χ4n) is 2.85. The quantitative estimate of drug-likeness (QED) is 0.344. The van der Waals surface area contributed by atoms with E-state index >= 15 is 0 Å². The number of halogens is 4. The zero-order valence-corrected chi connectivity index (χ0v) is 18.2. The van der Waals surface area contributed by atoms with Gasteiger partial charge < -0.3 is 20.1 Å². The maximum absolute atomic E-state index is 12.2. The van der Waals surface area contributed by atoms with Crippen LogP contribution in [0.2, 0.25) is 0 Å². The van der Waals surface area contributed by atoms with Crippen LogP contribution in [0.5, 0.6) is 11.5 Å². The topological polar surface area (TPSA) is 54.9 Å². The Morgan fingerprint density at radius 1 is 1.14 bits per heavy atom. The molecule has 2 N–H and O–H groups in total. The number of hydrogen-bond donors (Lipinski definition) is 2. The third-order valence-electron chi connectivity index (χ3n) is 4.22. The van der Waals surface area contributed by atoms with Gasteiger partial charge in [0.1, 0.15) is 17.6 Å². The first-order valence-electron chi connectivity index (χ1n) is 8.90. The summed E-state index contributed by atoms with van der Waals surface area (Å²) in [6, 6.07) is 14.4. The lowest BCUT2D eigenvalue weighted by atomic mass is 10.1. The Kier molecular flexibility index (Phi) is 8.42. The molecular formula is C20H23F3IN3O2. The van der Waals surface area contributed by atoms with E-state index in [0.29, 0.717) is 19.0 Å². The molecule has 0 fully saturated rings. The summed E-state index contributed by atoms with van der Waals surface area (Å²) in [6.45, 7) is -0.211. The van der Waals surface area contributed by atoms with Gasteiger partial charge in [-0.2, -0.15) is 13.2 Å². The second-order valence-electron chi connectivity index (χ2n) is 6.41. The van der Waals surface area contributed by atoms with Crippen molar-refractivity contribution in [3.05, 3.63) is 59.7 Å². The highest BCUT2D eigenvalue weighted by Crippen LogP contribution is 2.27. The van der Waals surface area contributed by atoms with Crippen LogP contribution in [0.1, 0.15) is 11.1 Å². The Morgan fingerprint density at radius 2 is 1.86 bits per heavy atom. The summed E-state index contributed by atoms with van der Waals surface area (Å²) in [4.78, 5) is 4.18. The molecule has 0 amide bonds. The van der Waals surface area contributed by atoms with E-state index in [1.807, 2.05) is 18.2 Å². The normalized spacial score (nSPS) is 15.7. The van der Waals surface area contributed by atoms with Gasteiger partial charge in [0, 0.05) is 20.0 Å². The van der Waals surface area contributed by atoms with Crippen LogP contribution in [0.4, 0.5) is 13.2 Å². The van der Waals surface area contributed by atoms with Gasteiger partial charge in [-0.3, -0.25) is 4.99 Å². The summed E-state index contributed by atoms with van der Waals surface area (Å²) in [6.07, 6.45) is -3.46. The Labute approximate surface area is 184 Å². The molecule has 2 aromatic rings. The van der Waals surface area contributed by atoms with E-state index in [4.69, 9.17) is 9.47 Å². The number of fused-ring (bicyclic) bond motifs is 1. The van der Waals surface area contributed by atoms with Crippen LogP contribution in [0.15, 0.2) is 53.5 Å². The van der Waals surface area contributed by atoms with E-state index in [0.717, 1.165) is 17.7 Å². The van der Waals surface area contributed by atoms with Crippen molar-refractivity contribution in [2.75, 3.05) is 20.2 Å². The molecule has 2 aromatic carbocycles. The fourth-order valence-corrected chi connectivity index (χ4v) is 2.85. The van der Waals surface area contributed by atoms with Gasteiger partial charge in [0.25, 0.3) is 0 Å². The Morgan fingerprint density at radius 3 is 2.52 bits per heavy atom. The Balaban J connectivity index is 0.00000300. The molecule has 5 nitrogen and oxygen atoms in total. The summed E-state index contributed by atoms with van der Waals surface area (Å²) >= 11 is 0. The molecule has 1 atom stereocenters. The number of hydrogen-bond acceptors (Lipinski definition) is 3. The third kappa shape index (κ3) is 7.30. The molecule has 0 radical (unpaired) electrons. The molecule has 158 valence electrons. The number of ether oxygens (including phenoxy) is 2. The predicted molar refractivity (Wildman–Crippen MR) is 116 cm³/mol. The van der Waals surface area contributed by atoms with E-state index in [9.17, 15) is 13.2 Å². The summed E-state index contributed by atoms with van der Waals surface area (Å²) in [7, 11) is 1.67. The first-order valence-corrected chi connectivity index (χ1v) is 8.90. The highest BCUT2D eigenvalue weighted by molar-refractivity contribution is 14.0. The van der Waals surface area contributed by atoms with Crippen LogP contribution in [0, 0.1) is 0 Å². The van der Waals surface area contributed by atoms with Crippen molar-refractivity contribution in [1.29, 1.82) is 0 Å². The largest absolute Gasteiger partial charge is 0.488 e. The Bertz CT molecular complexity index is 788. The molecule has 0 spiro atoms. The molecule has 1 aliphatic rings. The molecule has 1 heterocycles. The van der Waals surface area contributed by atoms with Crippen LogP contribution in [-0.2, 0) is 13.0 Å². The standard InChI is InChI=1S/C20H22F3N3O2.HI/c1-24-19(26-12-17-10-15-4-2-3-5-18(15)28-17)25-11-14-6-8-16(9-7-14)27-13-20(21,22)23;/h2-9,17H,10-13H2,1H3,(H2,24,25,26);1H. The van der Waals surface area contributed by atoms with Crippen LogP contribution < -0.4 is 20.1 Å². The van der Waals surface area contributed by atoms with Gasteiger partial charge in [-0.05, 0) is 29.3 Å². The zero-order chi connectivity index (χ0) is 20.0. The zero-order valence-electron chi connectivity index (χ0n) is 15.8. The van der Waals surface area contributed by atoms with Gasteiger partial charge in [-0.1, -0.05) is 30.3 Å². The fraction of sp³-hybridized carbons (Fsp3) is 0.350. The molecular weight excluding hydrogens is 498 g/mol. The second-order valence-corrected chi connectivity index (χ2v) is 6.41. The molecule has 3 rings (SSSR count). The summed E-state index contributed by atoms with van der Waals surface area (Å²) in [5.41, 5.74) is 2.09. The molecule has 1 unspecified atom stereocenters. The number of nitrogens with one attached hydrogen (secondary N) is 2. The van der Waals surface area contributed by atoms with Crippen molar-refractivity contribution in [1.82, 2.24) is 10.6 Å². The van der Waals surface area contributed by atoms with E-state index in [1.54, 1.807) is 19.2 Å². The lowest BCUT2D eigenvalue weighted by Gasteiger charge is -2.16. The number of nitrogens with zero attached hydrogens (tertiary/aromatic N) is 1. The SMILES string of the molecule is CN=C(NCc1ccc(OCC(F)(F)F)cc1)NCC1Cc2ccccc2O1.I. The van der Waals surface area contributed by atoms with Crippen molar-refractivity contribution < 1.29 is 22.6 Å². The number of alkyl halides is 3. The minimum absolute atomic E-state index is 0. The number of guanidine groups is 1. The molecule has 0 aliphatic carbocycles. The average molecular weight is 521 g/mol. The minimum Gasteiger partial charge on any atom is -0.488 e. The molecule has 0 bridgehead atoms. The molecule has 0 aromatic heterocycles. The monoisotopic (exact) mass is 521 g/mol. The average Bonchev–Trinajstić information content (AvgIpc) is 3.10. The minimum atomic E-state index is -4.34. The van der Waals surface area contributed by atoms with Crippen LogP contribution in [0.25, 0.3) is 0 Å². The maximum atomic E-state index is 12.2. The van der Waals surface area contributed by atoms with Crippen molar-refractivity contribution in [3.63, 3.8) is 0 Å². The first-order chi connectivity index (χ1) is 13.4. The highest BCUT2D eigenvalue weighted by Gasteiger charge is 2.28. The first kappa shape index (κ1) is 23.1. The van der Waals surface area contributed by atoms with Crippen molar-refractivity contribution in [3.8, 4) is 11.5 Å².